The van der Waals surface area contributed by atoms with Crippen LogP contribution in [0.4, 0.5) is 0 Å². The quantitative estimate of drug-likeness (QED) is 0.780. The summed E-state index contributed by atoms with van der Waals surface area (Å²) in [6.07, 6.45) is 1.06. The molecule has 0 aromatic heterocycles. The van der Waals surface area contributed by atoms with Crippen molar-refractivity contribution in [1.29, 1.82) is 0 Å². The summed E-state index contributed by atoms with van der Waals surface area (Å²) in [4.78, 5) is 0. The van der Waals surface area contributed by atoms with Gasteiger partial charge >= 0.3 is 0 Å². The number of nitrogens with one attached hydrogen (secondary N) is 1. The first-order valence-corrected chi connectivity index (χ1v) is 7.63. The molecule has 0 aliphatic rings. The molecule has 0 radical (unpaired) electrons. The van der Waals surface area contributed by atoms with Gasteiger partial charge in [0.15, 0.2) is 0 Å². The van der Waals surface area contributed by atoms with Gasteiger partial charge in [0.25, 0.3) is 0 Å². The summed E-state index contributed by atoms with van der Waals surface area (Å²) in [6.45, 7) is 5.18. The van der Waals surface area contributed by atoms with E-state index in [1.165, 1.54) is 11.1 Å². The molecule has 1 unspecified atom stereocenters. The molecule has 1 N–H and O–H groups in total. The Balaban J connectivity index is 2.50. The van der Waals surface area contributed by atoms with Gasteiger partial charge in [-0.05, 0) is 43.1 Å². The van der Waals surface area contributed by atoms with Crippen LogP contribution in [0.1, 0.15) is 36.1 Å². The molecule has 0 saturated carbocycles. The maximum absolute atomic E-state index is 6.38. The topological polar surface area (TPSA) is 12.0 Å². The van der Waals surface area contributed by atoms with Crippen LogP contribution in [-0.2, 0) is 0 Å². The molecule has 20 heavy (non-hydrogen) atoms. The zero-order valence-electron chi connectivity index (χ0n) is 11.8. The predicted molar refractivity (Wildman–Crippen MR) is 87.8 cm³/mol. The van der Waals surface area contributed by atoms with Crippen LogP contribution in [0.2, 0.25) is 10.0 Å². The van der Waals surface area contributed by atoms with E-state index in [0.717, 1.165) is 18.5 Å². The van der Waals surface area contributed by atoms with Gasteiger partial charge in [0.1, 0.15) is 0 Å². The fourth-order valence-electron chi connectivity index (χ4n) is 2.35. The first-order valence-electron chi connectivity index (χ1n) is 6.88. The number of benzene rings is 2. The van der Waals surface area contributed by atoms with Gasteiger partial charge in [-0.15, -0.1) is 0 Å². The third-order valence-electron chi connectivity index (χ3n) is 3.39. The molecule has 0 aliphatic carbocycles. The number of rotatable bonds is 5. The molecule has 1 nitrogen and oxygen atoms in total. The monoisotopic (exact) mass is 307 g/mol. The summed E-state index contributed by atoms with van der Waals surface area (Å²) in [6, 6.07) is 14.0. The van der Waals surface area contributed by atoms with Gasteiger partial charge in [0.05, 0.1) is 6.04 Å². The Morgan fingerprint density at radius 3 is 2.25 bits per heavy atom. The lowest BCUT2D eigenvalue weighted by Gasteiger charge is -2.23. The van der Waals surface area contributed by atoms with Crippen LogP contribution in [0.3, 0.4) is 0 Å². The highest BCUT2D eigenvalue weighted by Gasteiger charge is 2.20. The van der Waals surface area contributed by atoms with Gasteiger partial charge in [-0.25, -0.2) is 0 Å². The number of halogens is 2. The first kappa shape index (κ1) is 15.4. The zero-order chi connectivity index (χ0) is 14.5. The second-order valence-electron chi connectivity index (χ2n) is 4.88. The number of hydrogen-bond donors (Lipinski definition) is 1. The Bertz CT molecular complexity index is 561. The summed E-state index contributed by atoms with van der Waals surface area (Å²) < 4.78 is 0. The van der Waals surface area contributed by atoms with E-state index < -0.39 is 0 Å². The lowest BCUT2D eigenvalue weighted by Crippen LogP contribution is -2.24. The van der Waals surface area contributed by atoms with Crippen LogP contribution in [0.15, 0.2) is 42.5 Å². The maximum Gasteiger partial charge on any atom is 0.0608 e. The van der Waals surface area contributed by atoms with E-state index >= 15 is 0 Å². The minimum absolute atomic E-state index is 0.0253. The third kappa shape index (κ3) is 3.35. The van der Waals surface area contributed by atoms with Crippen LogP contribution in [0.25, 0.3) is 0 Å². The average molecular weight is 308 g/mol. The fraction of sp³-hybridized carbons (Fsp3) is 0.294. The van der Waals surface area contributed by atoms with Crippen molar-refractivity contribution in [2.24, 2.45) is 0 Å². The van der Waals surface area contributed by atoms with Crippen molar-refractivity contribution >= 4 is 23.2 Å². The van der Waals surface area contributed by atoms with Crippen molar-refractivity contribution in [3.05, 3.63) is 69.2 Å². The normalized spacial score (nSPS) is 12.4. The van der Waals surface area contributed by atoms with Crippen LogP contribution < -0.4 is 5.32 Å². The average Bonchev–Trinajstić information content (AvgIpc) is 2.43. The van der Waals surface area contributed by atoms with Crippen molar-refractivity contribution < 1.29 is 0 Å². The summed E-state index contributed by atoms with van der Waals surface area (Å²) in [7, 11) is 0. The molecule has 0 bridgehead atoms. The molecule has 0 saturated heterocycles. The van der Waals surface area contributed by atoms with Gasteiger partial charge in [0, 0.05) is 15.6 Å². The minimum atomic E-state index is 0.0253. The molecular weight excluding hydrogens is 289 g/mol. The number of hydrogen-bond acceptors (Lipinski definition) is 1. The molecule has 2 aromatic carbocycles. The molecular formula is C17H19Cl2N. The SMILES string of the molecule is CCCNC(c1ccccc1C)c1c(Cl)cccc1Cl. The zero-order valence-corrected chi connectivity index (χ0v) is 13.3. The Labute approximate surface area is 130 Å². The van der Waals surface area contributed by atoms with Crippen LogP contribution in [0.5, 0.6) is 0 Å². The van der Waals surface area contributed by atoms with E-state index in [-0.39, 0.29) is 6.04 Å². The molecule has 1 atom stereocenters. The van der Waals surface area contributed by atoms with E-state index in [0.29, 0.717) is 10.0 Å². The first-order chi connectivity index (χ1) is 9.65. The Hall–Kier alpha value is -1.02. The molecule has 0 amide bonds. The minimum Gasteiger partial charge on any atom is -0.306 e. The lowest BCUT2D eigenvalue weighted by molar-refractivity contribution is 0.596. The van der Waals surface area contributed by atoms with Gasteiger partial charge in [-0.1, -0.05) is 60.5 Å². The van der Waals surface area contributed by atoms with E-state index in [4.69, 9.17) is 23.2 Å². The van der Waals surface area contributed by atoms with E-state index in [2.05, 4.69) is 31.3 Å². The highest BCUT2D eigenvalue weighted by molar-refractivity contribution is 6.36. The molecule has 0 heterocycles. The van der Waals surface area contributed by atoms with Crippen molar-refractivity contribution in [3.63, 3.8) is 0 Å². The van der Waals surface area contributed by atoms with E-state index in [1.807, 2.05) is 30.3 Å². The largest absolute Gasteiger partial charge is 0.306 e. The van der Waals surface area contributed by atoms with Crippen molar-refractivity contribution in [3.8, 4) is 0 Å². The standard InChI is InChI=1S/C17H19Cl2N/c1-3-11-20-17(13-8-5-4-7-12(13)2)16-14(18)9-6-10-15(16)19/h4-10,17,20H,3,11H2,1-2H3. The van der Waals surface area contributed by atoms with Crippen molar-refractivity contribution in [1.82, 2.24) is 5.32 Å². The fourth-order valence-corrected chi connectivity index (χ4v) is 2.97. The maximum atomic E-state index is 6.38. The molecule has 0 aliphatic heterocycles. The third-order valence-corrected chi connectivity index (χ3v) is 4.05. The van der Waals surface area contributed by atoms with Gasteiger partial charge < -0.3 is 5.32 Å². The second kappa shape index (κ2) is 7.12. The smallest absolute Gasteiger partial charge is 0.0608 e. The van der Waals surface area contributed by atoms with Gasteiger partial charge in [0.2, 0.25) is 0 Å². The molecule has 0 spiro atoms. The van der Waals surface area contributed by atoms with E-state index in [1.54, 1.807) is 0 Å². The van der Waals surface area contributed by atoms with Crippen LogP contribution in [-0.4, -0.2) is 6.54 Å². The molecule has 106 valence electrons. The van der Waals surface area contributed by atoms with Gasteiger partial charge in [-0.2, -0.15) is 0 Å². The van der Waals surface area contributed by atoms with Crippen molar-refractivity contribution in [2.75, 3.05) is 6.54 Å². The summed E-state index contributed by atoms with van der Waals surface area (Å²) in [5.74, 6) is 0. The lowest BCUT2D eigenvalue weighted by atomic mass is 9.94. The predicted octanol–water partition coefficient (Wildman–Crippen LogP) is 5.39. The van der Waals surface area contributed by atoms with Gasteiger partial charge in [-0.3, -0.25) is 0 Å². The summed E-state index contributed by atoms with van der Waals surface area (Å²) in [5, 5.41) is 4.96. The van der Waals surface area contributed by atoms with E-state index in [9.17, 15) is 0 Å². The van der Waals surface area contributed by atoms with Crippen molar-refractivity contribution in [2.45, 2.75) is 26.3 Å². The highest BCUT2D eigenvalue weighted by atomic mass is 35.5. The molecule has 3 heteroatoms. The molecule has 2 aromatic rings. The Morgan fingerprint density at radius 1 is 1.00 bits per heavy atom. The Morgan fingerprint density at radius 2 is 1.65 bits per heavy atom. The summed E-state index contributed by atoms with van der Waals surface area (Å²) in [5.41, 5.74) is 3.41. The Kier molecular flexibility index (Phi) is 5.47. The van der Waals surface area contributed by atoms with Crippen LogP contribution >= 0.6 is 23.2 Å². The summed E-state index contributed by atoms with van der Waals surface area (Å²) >= 11 is 12.8. The second-order valence-corrected chi connectivity index (χ2v) is 5.69. The molecule has 2 rings (SSSR count). The van der Waals surface area contributed by atoms with Crippen LogP contribution in [0, 0.1) is 6.92 Å². The highest BCUT2D eigenvalue weighted by Crippen LogP contribution is 2.35. The number of aryl methyl sites for hydroxylation is 1. The molecule has 0 fully saturated rings.